The number of hydrogen-bond donors (Lipinski definition) is 1. The highest BCUT2D eigenvalue weighted by atomic mass is 16.2. The summed E-state index contributed by atoms with van der Waals surface area (Å²) in [6.45, 7) is 3.53. The number of para-hydroxylation sites is 2. The van der Waals surface area contributed by atoms with E-state index in [0.717, 1.165) is 37.0 Å². The summed E-state index contributed by atoms with van der Waals surface area (Å²) in [5.41, 5.74) is 1.73. The number of carbonyl (C=O) groups is 1. The maximum absolute atomic E-state index is 12.7. The number of rotatable bonds is 3. The zero-order chi connectivity index (χ0) is 14.1. The molecular weight excluding hydrogens is 254 g/mol. The van der Waals surface area contributed by atoms with Crippen molar-refractivity contribution >= 4 is 16.8 Å². The molecule has 1 aliphatic heterocycles. The van der Waals surface area contributed by atoms with Gasteiger partial charge in [0.25, 0.3) is 0 Å². The van der Waals surface area contributed by atoms with Crippen molar-refractivity contribution in [1.82, 2.24) is 14.5 Å². The fraction of sp³-hybridized carbons (Fsp3) is 0.467. The molecule has 2 heterocycles. The minimum atomic E-state index is -0.0618. The summed E-state index contributed by atoms with van der Waals surface area (Å²) < 4.78 is 3.47. The third kappa shape index (κ3) is 2.18. The lowest BCUT2D eigenvalue weighted by Gasteiger charge is -2.23. The summed E-state index contributed by atoms with van der Waals surface area (Å²) in [6.07, 6.45) is 1.90. The fourth-order valence-electron chi connectivity index (χ4n) is 3.03. The smallest absolute Gasteiger partial charge is 0.317 e. The fourth-order valence-corrected chi connectivity index (χ4v) is 3.03. The number of carbonyl (C=O) groups excluding carboxylic acids is 1. The van der Waals surface area contributed by atoms with Gasteiger partial charge in [0.1, 0.15) is 5.78 Å². The second kappa shape index (κ2) is 5.25. The Morgan fingerprint density at radius 2 is 1.90 bits per heavy atom. The van der Waals surface area contributed by atoms with E-state index in [-0.39, 0.29) is 24.1 Å². The first kappa shape index (κ1) is 13.1. The molecule has 0 spiro atoms. The van der Waals surface area contributed by atoms with Gasteiger partial charge in [-0.2, -0.15) is 0 Å². The molecule has 1 saturated heterocycles. The van der Waals surface area contributed by atoms with Gasteiger partial charge >= 0.3 is 5.69 Å². The summed E-state index contributed by atoms with van der Waals surface area (Å²) in [5.74, 6) is 0.000291. The van der Waals surface area contributed by atoms with E-state index < -0.39 is 0 Å². The molecule has 1 aromatic carbocycles. The molecule has 5 heteroatoms. The first-order valence-corrected chi connectivity index (χ1v) is 7.08. The zero-order valence-electron chi connectivity index (χ0n) is 11.6. The third-order valence-corrected chi connectivity index (χ3v) is 3.92. The standard InChI is InChI=1S/C15H19N3O2/c1-11(19)10-17-13-4-2-3-5-14(13)18(15(17)20)12-6-8-16-9-7-12/h2-5,12,16H,6-10H2,1H3. The van der Waals surface area contributed by atoms with Crippen LogP contribution in [0.3, 0.4) is 0 Å². The molecular formula is C15H19N3O2. The van der Waals surface area contributed by atoms with Crippen molar-refractivity contribution in [2.45, 2.75) is 32.4 Å². The average molecular weight is 273 g/mol. The quantitative estimate of drug-likeness (QED) is 0.917. The van der Waals surface area contributed by atoms with Crippen LogP contribution < -0.4 is 11.0 Å². The molecule has 20 heavy (non-hydrogen) atoms. The van der Waals surface area contributed by atoms with Gasteiger partial charge in [-0.15, -0.1) is 0 Å². The minimum Gasteiger partial charge on any atom is -0.317 e. The van der Waals surface area contributed by atoms with E-state index in [4.69, 9.17) is 0 Å². The molecule has 0 saturated carbocycles. The highest BCUT2D eigenvalue weighted by molar-refractivity contribution is 5.80. The summed E-state index contributed by atoms with van der Waals surface area (Å²) in [5, 5.41) is 3.31. The molecule has 0 bridgehead atoms. The molecule has 0 amide bonds. The number of Topliss-reactive ketones (excluding diaryl/α,β-unsaturated/α-hetero) is 1. The van der Waals surface area contributed by atoms with Crippen molar-refractivity contribution in [3.8, 4) is 0 Å². The van der Waals surface area contributed by atoms with Crippen LogP contribution in [0, 0.1) is 0 Å². The third-order valence-electron chi connectivity index (χ3n) is 3.92. The van der Waals surface area contributed by atoms with Gasteiger partial charge in [-0.25, -0.2) is 4.79 Å². The highest BCUT2D eigenvalue weighted by Crippen LogP contribution is 2.23. The van der Waals surface area contributed by atoms with E-state index in [0.29, 0.717) is 0 Å². The Morgan fingerprint density at radius 3 is 2.55 bits per heavy atom. The van der Waals surface area contributed by atoms with Crippen molar-refractivity contribution in [2.75, 3.05) is 13.1 Å². The molecule has 1 aromatic heterocycles. The molecule has 3 rings (SSSR count). The number of nitrogens with zero attached hydrogens (tertiary/aromatic N) is 2. The SMILES string of the molecule is CC(=O)Cn1c(=O)n(C2CCNCC2)c2ccccc21. The van der Waals surface area contributed by atoms with E-state index >= 15 is 0 Å². The number of hydrogen-bond acceptors (Lipinski definition) is 3. The van der Waals surface area contributed by atoms with E-state index in [1.807, 2.05) is 28.8 Å². The molecule has 0 atom stereocenters. The summed E-state index contributed by atoms with van der Waals surface area (Å²) in [6, 6.07) is 7.96. The molecule has 5 nitrogen and oxygen atoms in total. The van der Waals surface area contributed by atoms with E-state index in [1.54, 1.807) is 4.57 Å². The van der Waals surface area contributed by atoms with Gasteiger partial charge in [0.05, 0.1) is 17.6 Å². The second-order valence-corrected chi connectivity index (χ2v) is 5.41. The van der Waals surface area contributed by atoms with Crippen molar-refractivity contribution < 1.29 is 4.79 Å². The van der Waals surface area contributed by atoms with Crippen LogP contribution in [-0.2, 0) is 11.3 Å². The Labute approximate surface area is 117 Å². The molecule has 0 unspecified atom stereocenters. The Hall–Kier alpha value is -1.88. The lowest BCUT2D eigenvalue weighted by molar-refractivity contribution is -0.117. The maximum atomic E-state index is 12.7. The molecule has 1 aliphatic rings. The van der Waals surface area contributed by atoms with Crippen LogP contribution in [0.15, 0.2) is 29.1 Å². The van der Waals surface area contributed by atoms with Gasteiger partial charge < -0.3 is 5.32 Å². The van der Waals surface area contributed by atoms with Crippen LogP contribution in [0.5, 0.6) is 0 Å². The first-order chi connectivity index (χ1) is 9.68. The van der Waals surface area contributed by atoms with Crippen molar-refractivity contribution in [3.05, 3.63) is 34.7 Å². The second-order valence-electron chi connectivity index (χ2n) is 5.41. The Bertz CT molecular complexity index is 693. The highest BCUT2D eigenvalue weighted by Gasteiger charge is 2.22. The Kier molecular flexibility index (Phi) is 3.44. The van der Waals surface area contributed by atoms with Crippen LogP contribution in [0.1, 0.15) is 25.8 Å². The number of nitrogens with one attached hydrogen (secondary N) is 1. The van der Waals surface area contributed by atoms with Gasteiger partial charge in [-0.05, 0) is 45.0 Å². The topological polar surface area (TPSA) is 56.0 Å². The summed E-state index contributed by atoms with van der Waals surface area (Å²) >= 11 is 0. The molecule has 1 fully saturated rings. The predicted octanol–water partition coefficient (Wildman–Crippen LogP) is 1.32. The summed E-state index contributed by atoms with van der Waals surface area (Å²) in [7, 11) is 0. The van der Waals surface area contributed by atoms with E-state index in [1.165, 1.54) is 6.92 Å². The number of ketones is 1. The van der Waals surface area contributed by atoms with Crippen molar-refractivity contribution in [3.63, 3.8) is 0 Å². The first-order valence-electron chi connectivity index (χ1n) is 7.08. The zero-order valence-corrected chi connectivity index (χ0v) is 11.6. The lowest BCUT2D eigenvalue weighted by atomic mass is 10.1. The van der Waals surface area contributed by atoms with Crippen LogP contribution in [0.4, 0.5) is 0 Å². The van der Waals surface area contributed by atoms with Crippen LogP contribution >= 0.6 is 0 Å². The minimum absolute atomic E-state index is 0.000291. The van der Waals surface area contributed by atoms with Crippen molar-refractivity contribution in [2.24, 2.45) is 0 Å². The Balaban J connectivity index is 2.18. The monoisotopic (exact) mass is 273 g/mol. The predicted molar refractivity (Wildman–Crippen MR) is 78.0 cm³/mol. The number of piperidine rings is 1. The van der Waals surface area contributed by atoms with Crippen LogP contribution in [0.2, 0.25) is 0 Å². The maximum Gasteiger partial charge on any atom is 0.329 e. The van der Waals surface area contributed by atoms with Crippen molar-refractivity contribution in [1.29, 1.82) is 0 Å². The molecule has 1 N–H and O–H groups in total. The van der Waals surface area contributed by atoms with Crippen LogP contribution in [0.25, 0.3) is 11.0 Å². The number of imidazole rings is 1. The number of aromatic nitrogens is 2. The largest absolute Gasteiger partial charge is 0.329 e. The number of fused-ring (bicyclic) bond motifs is 1. The van der Waals surface area contributed by atoms with Crippen LogP contribution in [-0.4, -0.2) is 28.0 Å². The normalized spacial score (nSPS) is 16.6. The van der Waals surface area contributed by atoms with Gasteiger partial charge in [0.15, 0.2) is 0 Å². The number of benzene rings is 1. The Morgan fingerprint density at radius 1 is 1.25 bits per heavy atom. The van der Waals surface area contributed by atoms with Gasteiger partial charge in [-0.1, -0.05) is 12.1 Å². The van der Waals surface area contributed by atoms with Gasteiger partial charge in [0.2, 0.25) is 0 Å². The molecule has 106 valence electrons. The molecule has 0 aliphatic carbocycles. The molecule has 2 aromatic rings. The summed E-state index contributed by atoms with van der Waals surface area (Å²) in [4.78, 5) is 24.1. The molecule has 0 radical (unpaired) electrons. The lowest BCUT2D eigenvalue weighted by Crippen LogP contribution is -2.35. The van der Waals surface area contributed by atoms with E-state index in [9.17, 15) is 9.59 Å². The van der Waals surface area contributed by atoms with Gasteiger partial charge in [-0.3, -0.25) is 13.9 Å². The average Bonchev–Trinajstić information content (AvgIpc) is 2.72. The van der Waals surface area contributed by atoms with E-state index in [2.05, 4.69) is 5.32 Å². The van der Waals surface area contributed by atoms with Gasteiger partial charge in [0, 0.05) is 6.04 Å².